The van der Waals surface area contributed by atoms with Gasteiger partial charge in [-0.3, -0.25) is 4.55 Å². The second kappa shape index (κ2) is 11.6. The fourth-order valence-corrected chi connectivity index (χ4v) is 3.54. The summed E-state index contributed by atoms with van der Waals surface area (Å²) in [7, 11) is -4.72. The van der Waals surface area contributed by atoms with Gasteiger partial charge in [-0.25, -0.2) is 4.28 Å². The molecule has 0 spiro atoms. The zero-order chi connectivity index (χ0) is 18.9. The van der Waals surface area contributed by atoms with E-state index in [1.165, 1.54) is 0 Å². The number of aliphatic hydroxyl groups excluding tert-OH is 3. The van der Waals surface area contributed by atoms with Crippen molar-refractivity contribution in [1.82, 2.24) is 0 Å². The lowest BCUT2D eigenvalue weighted by molar-refractivity contribution is -0.220. The molecular weight excluding hydrogens is 398 g/mol. The van der Waals surface area contributed by atoms with Gasteiger partial charge in [-0.15, -0.1) is 0 Å². The lowest BCUT2D eigenvalue weighted by atomic mass is 10.00. The Hall–Kier alpha value is -0.120. The molecule has 1 heterocycles. The van der Waals surface area contributed by atoms with Crippen LogP contribution in [0.15, 0.2) is 5.16 Å². The summed E-state index contributed by atoms with van der Waals surface area (Å²) in [4.78, 5) is 0. The third kappa shape index (κ3) is 8.41. The Morgan fingerprint density at radius 3 is 2.60 bits per heavy atom. The molecule has 5 atom stereocenters. The molecule has 0 aromatic carbocycles. The van der Waals surface area contributed by atoms with Gasteiger partial charge in [0.1, 0.15) is 35.4 Å². The van der Waals surface area contributed by atoms with Crippen molar-refractivity contribution in [2.24, 2.45) is 5.16 Å². The first-order chi connectivity index (χ1) is 11.8. The Bertz CT molecular complexity index is 502. The van der Waals surface area contributed by atoms with Crippen molar-refractivity contribution in [2.45, 2.75) is 42.7 Å². The van der Waals surface area contributed by atoms with Crippen LogP contribution in [0.25, 0.3) is 0 Å². The van der Waals surface area contributed by atoms with E-state index < -0.39 is 46.9 Å². The van der Waals surface area contributed by atoms with E-state index in [4.69, 9.17) is 14.0 Å². The van der Waals surface area contributed by atoms with Gasteiger partial charge in [-0.2, -0.15) is 20.2 Å². The first-order valence-corrected chi connectivity index (χ1v) is 11.1. The van der Waals surface area contributed by atoms with Crippen LogP contribution in [0.4, 0.5) is 0 Å². The molecule has 1 saturated heterocycles. The molecule has 10 nitrogen and oxygen atoms in total. The normalized spacial score (nSPS) is 30.7. The van der Waals surface area contributed by atoms with Crippen LogP contribution in [0, 0.1) is 0 Å². The summed E-state index contributed by atoms with van der Waals surface area (Å²) >= 11 is 2.43. The van der Waals surface area contributed by atoms with E-state index in [1.54, 1.807) is 11.8 Å². The molecule has 1 aliphatic rings. The molecule has 1 aliphatic heterocycles. The number of aliphatic hydroxyl groups is 3. The smallest absolute Gasteiger partial charge is 0.394 e. The van der Waals surface area contributed by atoms with Gasteiger partial charge in [-0.1, -0.05) is 16.9 Å². The molecule has 0 radical (unpaired) electrons. The minimum absolute atomic E-state index is 0.357. The van der Waals surface area contributed by atoms with Gasteiger partial charge in [-0.05, 0) is 24.9 Å². The average Bonchev–Trinajstić information content (AvgIpc) is 2.55. The van der Waals surface area contributed by atoms with E-state index in [2.05, 4.69) is 9.44 Å². The maximum atomic E-state index is 10.3. The van der Waals surface area contributed by atoms with E-state index >= 15 is 0 Å². The predicted octanol–water partition coefficient (Wildman–Crippen LogP) is -0.550. The summed E-state index contributed by atoms with van der Waals surface area (Å²) in [6, 6.07) is 0. The van der Waals surface area contributed by atoms with Gasteiger partial charge in [0.15, 0.2) is 0 Å². The molecule has 25 heavy (non-hydrogen) atoms. The summed E-state index contributed by atoms with van der Waals surface area (Å²) < 4.78 is 43.8. The summed E-state index contributed by atoms with van der Waals surface area (Å²) in [5.41, 5.74) is -0.149. The summed E-state index contributed by atoms with van der Waals surface area (Å²) in [6.45, 7) is -0.0781. The van der Waals surface area contributed by atoms with Crippen LogP contribution < -0.4 is 0 Å². The van der Waals surface area contributed by atoms with E-state index in [9.17, 15) is 23.7 Å². The van der Waals surface area contributed by atoms with Crippen molar-refractivity contribution in [3.8, 4) is 0 Å². The number of oxime groups is 1. The maximum Gasteiger partial charge on any atom is 0.466 e. The zero-order valence-corrected chi connectivity index (χ0v) is 16.0. The predicted molar refractivity (Wildman–Crippen MR) is 93.8 cm³/mol. The highest BCUT2D eigenvalue weighted by molar-refractivity contribution is 8.12. The fraction of sp³-hybridized carbons (Fsp3) is 0.917. The van der Waals surface area contributed by atoms with E-state index in [-0.39, 0.29) is 0 Å². The topological polar surface area (TPSA) is 155 Å². The standard InChI is InChI=1S/C12H23NO9S3/c1-23-5-3-2-4-20-11-8(6-14)21-12(10(16)9(11)15)24-7-13-22-25(17,18)19/h7-12,14-16H,2-6H2,1H3,(H,17,18,19)/b13-7-/t8-,9-,10-,11-,12+/m1/s1. The second-order valence-electron chi connectivity index (χ2n) is 5.09. The van der Waals surface area contributed by atoms with Crippen molar-refractivity contribution in [3.63, 3.8) is 0 Å². The molecule has 0 aliphatic carbocycles. The Morgan fingerprint density at radius 1 is 1.28 bits per heavy atom. The number of hydrogen-bond acceptors (Lipinski definition) is 11. The number of nitrogens with zero attached hydrogens (tertiary/aromatic N) is 1. The van der Waals surface area contributed by atoms with Crippen molar-refractivity contribution < 1.29 is 42.0 Å². The molecule has 0 unspecified atom stereocenters. The second-order valence-corrected chi connectivity index (χ2v) is 8.03. The van der Waals surface area contributed by atoms with Crippen molar-refractivity contribution in [1.29, 1.82) is 0 Å². The van der Waals surface area contributed by atoms with Gasteiger partial charge in [0, 0.05) is 6.61 Å². The highest BCUT2D eigenvalue weighted by Gasteiger charge is 2.45. The van der Waals surface area contributed by atoms with E-state index in [0.29, 0.717) is 18.4 Å². The molecule has 0 aromatic heterocycles. The molecule has 148 valence electrons. The summed E-state index contributed by atoms with van der Waals surface area (Å²) in [5.74, 6) is 0.989. The summed E-state index contributed by atoms with van der Waals surface area (Å²) in [6.07, 6.45) is -0.707. The molecule has 0 amide bonds. The van der Waals surface area contributed by atoms with Crippen LogP contribution >= 0.6 is 23.5 Å². The van der Waals surface area contributed by atoms with Crippen molar-refractivity contribution in [2.75, 3.05) is 25.2 Å². The van der Waals surface area contributed by atoms with Crippen molar-refractivity contribution in [3.05, 3.63) is 0 Å². The first-order valence-electron chi connectivity index (χ1n) is 7.36. The first kappa shape index (κ1) is 22.9. The molecule has 1 rings (SSSR count). The van der Waals surface area contributed by atoms with Crippen LogP contribution in [-0.2, 0) is 24.2 Å². The third-order valence-corrected chi connectivity index (χ3v) is 5.09. The molecule has 0 saturated carbocycles. The lowest BCUT2D eigenvalue weighted by Crippen LogP contribution is -2.58. The SMILES string of the molecule is CSCCCCO[C@H]1[C@H](O)[C@@H](O)[C@H](S/C=N\OS(=O)(=O)O)O[C@@H]1CO. The molecule has 13 heteroatoms. The van der Waals surface area contributed by atoms with Gasteiger partial charge in [0.25, 0.3) is 0 Å². The van der Waals surface area contributed by atoms with Crippen LogP contribution in [0.3, 0.4) is 0 Å². The van der Waals surface area contributed by atoms with Crippen LogP contribution in [0.5, 0.6) is 0 Å². The Labute approximate surface area is 154 Å². The Balaban J connectivity index is 2.54. The van der Waals surface area contributed by atoms with Gasteiger partial charge >= 0.3 is 10.4 Å². The minimum Gasteiger partial charge on any atom is -0.394 e. The maximum absolute atomic E-state index is 10.3. The average molecular weight is 422 g/mol. The van der Waals surface area contributed by atoms with E-state index in [0.717, 1.165) is 24.1 Å². The third-order valence-electron chi connectivity index (χ3n) is 3.25. The van der Waals surface area contributed by atoms with Gasteiger partial charge in [0.05, 0.1) is 6.61 Å². The number of rotatable bonds is 11. The van der Waals surface area contributed by atoms with Gasteiger partial charge < -0.3 is 24.8 Å². The zero-order valence-electron chi connectivity index (χ0n) is 13.5. The molecule has 0 bridgehead atoms. The largest absolute Gasteiger partial charge is 0.466 e. The monoisotopic (exact) mass is 421 g/mol. The Morgan fingerprint density at radius 2 is 2.00 bits per heavy atom. The highest BCUT2D eigenvalue weighted by Crippen LogP contribution is 2.29. The molecule has 4 N–H and O–H groups in total. The van der Waals surface area contributed by atoms with E-state index in [1.807, 2.05) is 6.26 Å². The Kier molecular flexibility index (Phi) is 10.6. The lowest BCUT2D eigenvalue weighted by Gasteiger charge is -2.41. The van der Waals surface area contributed by atoms with Crippen LogP contribution in [0.2, 0.25) is 0 Å². The number of hydrogen-bond donors (Lipinski definition) is 4. The number of unbranched alkanes of at least 4 members (excludes halogenated alkanes) is 1. The quantitative estimate of drug-likeness (QED) is 0.112. The van der Waals surface area contributed by atoms with Crippen LogP contribution in [-0.4, -0.2) is 88.9 Å². The molecule has 0 aromatic rings. The highest BCUT2D eigenvalue weighted by atomic mass is 32.3. The number of thioether (sulfide) groups is 2. The van der Waals surface area contributed by atoms with Gasteiger partial charge in [0.2, 0.25) is 0 Å². The van der Waals surface area contributed by atoms with Crippen LogP contribution in [0.1, 0.15) is 12.8 Å². The van der Waals surface area contributed by atoms with Crippen molar-refractivity contribution >= 4 is 39.5 Å². The fourth-order valence-electron chi connectivity index (χ4n) is 2.10. The number of ether oxygens (including phenoxy) is 2. The molecule has 1 fully saturated rings. The molecular formula is C12H23NO9S3. The minimum atomic E-state index is -4.72. The summed E-state index contributed by atoms with van der Waals surface area (Å²) in [5, 5.41) is 32.7.